The third-order valence-corrected chi connectivity index (χ3v) is 5.53. The van der Waals surface area contributed by atoms with E-state index in [1.807, 2.05) is 24.3 Å². The normalized spacial score (nSPS) is 15.0. The minimum Gasteiger partial charge on any atom is -0.337 e. The highest BCUT2D eigenvalue weighted by Gasteiger charge is 2.25. The molecule has 118 valence electrons. The first-order valence-corrected chi connectivity index (χ1v) is 8.58. The lowest BCUT2D eigenvalue weighted by molar-refractivity contribution is -0.384. The Bertz CT molecular complexity index is 1030. The fourth-order valence-corrected chi connectivity index (χ4v) is 4.19. The SMILES string of the molecule is O=C1C(=CNc2nc3ccc([N+](=O)[O-])cc3s2)Sc2ccccc21. The van der Waals surface area contributed by atoms with Crippen LogP contribution in [-0.4, -0.2) is 15.7 Å². The number of carbonyl (C=O) groups is 1. The molecule has 1 aliphatic rings. The molecule has 4 rings (SSSR count). The molecular weight excluding hydrogens is 346 g/mol. The predicted molar refractivity (Wildman–Crippen MR) is 94.6 cm³/mol. The minimum absolute atomic E-state index is 0.0140. The maximum absolute atomic E-state index is 12.3. The Morgan fingerprint density at radius 2 is 2.04 bits per heavy atom. The summed E-state index contributed by atoms with van der Waals surface area (Å²) in [6, 6.07) is 12.0. The molecule has 2 aromatic carbocycles. The van der Waals surface area contributed by atoms with Gasteiger partial charge in [-0.15, -0.1) is 0 Å². The number of nitrogens with zero attached hydrogens (tertiary/aromatic N) is 2. The van der Waals surface area contributed by atoms with Gasteiger partial charge in [-0.3, -0.25) is 14.9 Å². The van der Waals surface area contributed by atoms with Crippen molar-refractivity contribution in [2.24, 2.45) is 0 Å². The van der Waals surface area contributed by atoms with Gasteiger partial charge in [-0.25, -0.2) is 4.98 Å². The van der Waals surface area contributed by atoms with E-state index in [2.05, 4.69) is 10.3 Å². The van der Waals surface area contributed by atoms with E-state index in [1.165, 1.54) is 35.2 Å². The number of hydrogen-bond donors (Lipinski definition) is 1. The maximum atomic E-state index is 12.3. The number of thioether (sulfide) groups is 1. The van der Waals surface area contributed by atoms with Crippen LogP contribution in [0.3, 0.4) is 0 Å². The van der Waals surface area contributed by atoms with Crippen molar-refractivity contribution in [3.8, 4) is 0 Å². The summed E-state index contributed by atoms with van der Waals surface area (Å²) in [6.45, 7) is 0. The van der Waals surface area contributed by atoms with Crippen LogP contribution < -0.4 is 5.32 Å². The van der Waals surface area contributed by atoms with E-state index in [0.29, 0.717) is 21.1 Å². The molecule has 0 saturated carbocycles. The van der Waals surface area contributed by atoms with Crippen molar-refractivity contribution in [3.05, 3.63) is 69.2 Å². The first-order chi connectivity index (χ1) is 11.6. The number of anilines is 1. The van der Waals surface area contributed by atoms with Gasteiger partial charge in [0, 0.05) is 28.8 Å². The van der Waals surface area contributed by atoms with Crippen LogP contribution in [0.2, 0.25) is 0 Å². The molecule has 1 aliphatic heterocycles. The molecule has 0 amide bonds. The van der Waals surface area contributed by atoms with Crippen LogP contribution in [0.4, 0.5) is 10.8 Å². The summed E-state index contributed by atoms with van der Waals surface area (Å²) >= 11 is 2.72. The molecule has 0 radical (unpaired) electrons. The second-order valence-corrected chi connectivity index (χ2v) is 7.12. The molecule has 0 saturated heterocycles. The molecule has 8 heteroatoms. The van der Waals surface area contributed by atoms with E-state index in [9.17, 15) is 14.9 Å². The lowest BCUT2D eigenvalue weighted by Crippen LogP contribution is -1.97. The van der Waals surface area contributed by atoms with Crippen LogP contribution in [-0.2, 0) is 0 Å². The van der Waals surface area contributed by atoms with Gasteiger partial charge >= 0.3 is 0 Å². The first kappa shape index (κ1) is 14.9. The highest BCUT2D eigenvalue weighted by Crippen LogP contribution is 2.39. The molecule has 0 atom stereocenters. The number of nitrogens with one attached hydrogen (secondary N) is 1. The Balaban J connectivity index is 1.59. The molecule has 0 fully saturated rings. The third kappa shape index (κ3) is 2.55. The molecule has 0 spiro atoms. The van der Waals surface area contributed by atoms with Gasteiger partial charge in [0.15, 0.2) is 5.13 Å². The van der Waals surface area contributed by atoms with Crippen molar-refractivity contribution >= 4 is 49.9 Å². The van der Waals surface area contributed by atoms with Crippen LogP contribution in [0.1, 0.15) is 10.4 Å². The number of hydrogen-bond acceptors (Lipinski definition) is 7. The molecule has 0 aliphatic carbocycles. The lowest BCUT2D eigenvalue weighted by atomic mass is 10.1. The summed E-state index contributed by atoms with van der Waals surface area (Å²) in [7, 11) is 0. The van der Waals surface area contributed by atoms with E-state index in [-0.39, 0.29) is 11.5 Å². The molecule has 0 bridgehead atoms. The zero-order chi connectivity index (χ0) is 16.7. The van der Waals surface area contributed by atoms with Crippen LogP contribution in [0.15, 0.2) is 58.5 Å². The van der Waals surface area contributed by atoms with Crippen molar-refractivity contribution in [2.45, 2.75) is 4.90 Å². The highest BCUT2D eigenvalue weighted by atomic mass is 32.2. The van der Waals surface area contributed by atoms with Crippen molar-refractivity contribution in [1.29, 1.82) is 0 Å². The van der Waals surface area contributed by atoms with Gasteiger partial charge in [-0.05, 0) is 18.2 Å². The Labute approximate surface area is 144 Å². The summed E-state index contributed by atoms with van der Waals surface area (Å²) in [6.07, 6.45) is 1.64. The number of Topliss-reactive ketones (excluding diaryl/α,β-unsaturated/α-hetero) is 1. The number of nitro benzene ring substituents is 1. The van der Waals surface area contributed by atoms with Crippen LogP contribution in [0.5, 0.6) is 0 Å². The van der Waals surface area contributed by atoms with E-state index < -0.39 is 4.92 Å². The second-order valence-electron chi connectivity index (χ2n) is 5.01. The van der Waals surface area contributed by atoms with Gasteiger partial charge in [-0.1, -0.05) is 35.2 Å². The van der Waals surface area contributed by atoms with Crippen LogP contribution >= 0.6 is 23.1 Å². The van der Waals surface area contributed by atoms with Crippen molar-refractivity contribution in [2.75, 3.05) is 5.32 Å². The number of allylic oxidation sites excluding steroid dienone is 1. The first-order valence-electron chi connectivity index (χ1n) is 6.95. The summed E-state index contributed by atoms with van der Waals surface area (Å²) in [4.78, 5) is 28.6. The molecule has 2 heterocycles. The number of ketones is 1. The summed E-state index contributed by atoms with van der Waals surface area (Å²) < 4.78 is 0.721. The molecular formula is C16H9N3O3S2. The Morgan fingerprint density at radius 3 is 2.83 bits per heavy atom. The molecule has 3 aromatic rings. The summed E-state index contributed by atoms with van der Waals surface area (Å²) in [5.41, 5.74) is 1.42. The lowest BCUT2D eigenvalue weighted by Gasteiger charge is -1.95. The fourth-order valence-electron chi connectivity index (χ4n) is 2.35. The summed E-state index contributed by atoms with van der Waals surface area (Å²) in [5, 5.41) is 14.4. The monoisotopic (exact) mass is 355 g/mol. The number of non-ortho nitro benzene ring substituents is 1. The second kappa shape index (κ2) is 5.73. The summed E-state index contributed by atoms with van der Waals surface area (Å²) in [5.74, 6) is -0.0140. The molecule has 24 heavy (non-hydrogen) atoms. The van der Waals surface area contributed by atoms with Gasteiger partial charge in [0.2, 0.25) is 5.78 Å². The van der Waals surface area contributed by atoms with E-state index in [0.717, 1.165) is 9.60 Å². The zero-order valence-corrected chi connectivity index (χ0v) is 13.7. The number of nitro groups is 1. The van der Waals surface area contributed by atoms with Crippen molar-refractivity contribution < 1.29 is 9.72 Å². The minimum atomic E-state index is -0.431. The number of benzene rings is 2. The zero-order valence-electron chi connectivity index (χ0n) is 12.1. The van der Waals surface area contributed by atoms with Crippen LogP contribution in [0, 0.1) is 10.1 Å². The number of rotatable bonds is 3. The quantitative estimate of drug-likeness (QED) is 0.424. The van der Waals surface area contributed by atoms with E-state index in [4.69, 9.17) is 0 Å². The average Bonchev–Trinajstić information content (AvgIpc) is 3.13. The molecule has 1 N–H and O–H groups in total. The molecule has 1 aromatic heterocycles. The maximum Gasteiger partial charge on any atom is 0.270 e. The Kier molecular flexibility index (Phi) is 3.55. The average molecular weight is 355 g/mol. The van der Waals surface area contributed by atoms with Gasteiger partial charge in [0.1, 0.15) is 0 Å². The number of thiazole rings is 1. The van der Waals surface area contributed by atoms with Gasteiger partial charge in [-0.2, -0.15) is 0 Å². The van der Waals surface area contributed by atoms with E-state index in [1.54, 1.807) is 12.3 Å². The Hall–Kier alpha value is -2.71. The largest absolute Gasteiger partial charge is 0.337 e. The number of aromatic nitrogens is 1. The van der Waals surface area contributed by atoms with Gasteiger partial charge < -0.3 is 5.32 Å². The molecule has 6 nitrogen and oxygen atoms in total. The standard InChI is InChI=1S/C16H9N3O3S2/c20-15-10-3-1-2-4-12(10)23-14(15)8-17-16-18-11-6-5-9(19(21)22)7-13(11)24-16/h1-8H,(H,17,18). The highest BCUT2D eigenvalue weighted by molar-refractivity contribution is 8.04. The molecule has 0 unspecified atom stereocenters. The van der Waals surface area contributed by atoms with Crippen LogP contribution in [0.25, 0.3) is 10.2 Å². The number of fused-ring (bicyclic) bond motifs is 2. The van der Waals surface area contributed by atoms with Gasteiger partial charge in [0.25, 0.3) is 5.69 Å². The van der Waals surface area contributed by atoms with Crippen molar-refractivity contribution in [1.82, 2.24) is 4.98 Å². The van der Waals surface area contributed by atoms with Gasteiger partial charge in [0.05, 0.1) is 20.0 Å². The smallest absolute Gasteiger partial charge is 0.270 e. The predicted octanol–water partition coefficient (Wildman–Crippen LogP) is 4.45. The number of carbonyl (C=O) groups excluding carboxylic acids is 1. The van der Waals surface area contributed by atoms with Crippen molar-refractivity contribution in [3.63, 3.8) is 0 Å². The fraction of sp³-hybridized carbons (Fsp3) is 0. The van der Waals surface area contributed by atoms with E-state index >= 15 is 0 Å². The topological polar surface area (TPSA) is 85.1 Å². The Morgan fingerprint density at radius 1 is 1.21 bits per heavy atom. The third-order valence-electron chi connectivity index (χ3n) is 3.48.